The van der Waals surface area contributed by atoms with Crippen LogP contribution >= 0.6 is 38.5 Å². The fourth-order valence-corrected chi connectivity index (χ4v) is 3.87. The van der Waals surface area contributed by atoms with Crippen LogP contribution in [0.4, 0.5) is 0 Å². The molecule has 1 aromatic carbocycles. The van der Waals surface area contributed by atoms with Crippen LogP contribution < -0.4 is 0 Å². The summed E-state index contributed by atoms with van der Waals surface area (Å²) in [4.78, 5) is 25.9. The second-order valence-electron chi connectivity index (χ2n) is 5.32. The van der Waals surface area contributed by atoms with E-state index in [9.17, 15) is 9.59 Å². The number of hydrogen-bond acceptors (Lipinski definition) is 2. The summed E-state index contributed by atoms with van der Waals surface area (Å²) in [5, 5.41) is 0. The molecule has 0 radical (unpaired) electrons. The molecule has 5 heteroatoms. The van der Waals surface area contributed by atoms with Gasteiger partial charge in [-0.2, -0.15) is 0 Å². The maximum atomic E-state index is 12.7. The molecule has 1 spiro atoms. The average Bonchev–Trinajstić information content (AvgIpc) is 2.68. The van der Waals surface area contributed by atoms with E-state index in [2.05, 4.69) is 38.5 Å². The van der Waals surface area contributed by atoms with Crippen molar-refractivity contribution in [2.45, 2.75) is 19.0 Å². The standard InChI is InChI=1S/C17H13BrINO2/c1-11-15(18)16(22)20(10-12-4-2-3-5-14(12)19)17(11)8-6-13(21)7-9-17/h2-9H,10H2,1H3. The van der Waals surface area contributed by atoms with Gasteiger partial charge in [0.05, 0.1) is 4.48 Å². The Hall–Kier alpha value is -1.21. The first-order chi connectivity index (χ1) is 10.5. The van der Waals surface area contributed by atoms with Gasteiger partial charge in [0.2, 0.25) is 0 Å². The molecular formula is C17H13BrINO2. The van der Waals surface area contributed by atoms with E-state index in [1.807, 2.05) is 43.3 Å². The minimum atomic E-state index is -0.650. The Balaban J connectivity index is 2.05. The number of hydrogen-bond donors (Lipinski definition) is 0. The van der Waals surface area contributed by atoms with Crippen molar-refractivity contribution in [3.05, 3.63) is 67.8 Å². The summed E-state index contributed by atoms with van der Waals surface area (Å²) in [5.74, 6) is -0.107. The van der Waals surface area contributed by atoms with Crippen LogP contribution in [0.2, 0.25) is 0 Å². The van der Waals surface area contributed by atoms with Gasteiger partial charge in [-0.3, -0.25) is 9.59 Å². The van der Waals surface area contributed by atoms with Gasteiger partial charge in [-0.1, -0.05) is 18.2 Å². The van der Waals surface area contributed by atoms with Crippen LogP contribution in [0.15, 0.2) is 58.6 Å². The first-order valence-electron chi connectivity index (χ1n) is 6.80. The highest BCUT2D eigenvalue weighted by atomic mass is 127. The monoisotopic (exact) mass is 469 g/mol. The third-order valence-electron chi connectivity index (χ3n) is 4.10. The Kier molecular flexibility index (Phi) is 4.11. The van der Waals surface area contributed by atoms with E-state index >= 15 is 0 Å². The van der Waals surface area contributed by atoms with E-state index in [4.69, 9.17) is 0 Å². The lowest BCUT2D eigenvalue weighted by molar-refractivity contribution is -0.127. The third kappa shape index (κ3) is 2.40. The number of benzene rings is 1. The van der Waals surface area contributed by atoms with Gasteiger partial charge in [0, 0.05) is 10.1 Å². The second-order valence-corrected chi connectivity index (χ2v) is 7.27. The van der Waals surface area contributed by atoms with Crippen LogP contribution in [0.3, 0.4) is 0 Å². The summed E-state index contributed by atoms with van der Waals surface area (Å²) < 4.78 is 1.69. The molecule has 0 atom stereocenters. The van der Waals surface area contributed by atoms with Gasteiger partial charge < -0.3 is 4.90 Å². The number of rotatable bonds is 2. The molecule has 1 heterocycles. The summed E-state index contributed by atoms with van der Waals surface area (Å²) in [5.41, 5.74) is 1.34. The molecule has 22 heavy (non-hydrogen) atoms. The van der Waals surface area contributed by atoms with Gasteiger partial charge in [-0.05, 0) is 87.0 Å². The van der Waals surface area contributed by atoms with Gasteiger partial charge in [0.1, 0.15) is 5.54 Å². The molecule has 1 amide bonds. The van der Waals surface area contributed by atoms with Crippen molar-refractivity contribution in [2.75, 3.05) is 0 Å². The van der Waals surface area contributed by atoms with Crippen molar-refractivity contribution >= 4 is 50.2 Å². The zero-order valence-electron chi connectivity index (χ0n) is 11.8. The number of halogens is 2. The van der Waals surface area contributed by atoms with Gasteiger partial charge in [0.15, 0.2) is 5.78 Å². The average molecular weight is 470 g/mol. The largest absolute Gasteiger partial charge is 0.317 e. The van der Waals surface area contributed by atoms with Gasteiger partial charge in [0.25, 0.3) is 5.91 Å². The predicted octanol–water partition coefficient (Wildman–Crippen LogP) is 3.74. The van der Waals surface area contributed by atoms with Crippen molar-refractivity contribution < 1.29 is 9.59 Å². The first kappa shape index (κ1) is 15.7. The molecule has 0 unspecified atom stereocenters. The normalized spacial score (nSPS) is 19.7. The van der Waals surface area contributed by atoms with E-state index in [1.54, 1.807) is 4.90 Å². The van der Waals surface area contributed by atoms with Gasteiger partial charge in [-0.25, -0.2) is 0 Å². The van der Waals surface area contributed by atoms with E-state index in [0.717, 1.165) is 14.7 Å². The Morgan fingerprint density at radius 1 is 1.18 bits per heavy atom. The van der Waals surface area contributed by atoms with Crippen molar-refractivity contribution in [2.24, 2.45) is 0 Å². The maximum Gasteiger partial charge on any atom is 0.262 e. The molecule has 0 saturated heterocycles. The number of carbonyl (C=O) groups is 2. The van der Waals surface area contributed by atoms with Crippen LogP contribution in [0.5, 0.6) is 0 Å². The topological polar surface area (TPSA) is 37.4 Å². The Morgan fingerprint density at radius 2 is 1.82 bits per heavy atom. The number of amides is 1. The molecule has 0 aromatic heterocycles. The second kappa shape index (κ2) is 5.77. The van der Waals surface area contributed by atoms with Crippen molar-refractivity contribution in [1.82, 2.24) is 4.90 Å². The highest BCUT2D eigenvalue weighted by Crippen LogP contribution is 2.42. The van der Waals surface area contributed by atoms with Crippen LogP contribution in [-0.4, -0.2) is 22.1 Å². The number of carbonyl (C=O) groups excluding carboxylic acids is 2. The van der Waals surface area contributed by atoms with Gasteiger partial charge >= 0.3 is 0 Å². The minimum absolute atomic E-state index is 0.0526. The van der Waals surface area contributed by atoms with E-state index < -0.39 is 5.54 Å². The molecule has 0 saturated carbocycles. The lowest BCUT2D eigenvalue weighted by atomic mass is 9.87. The Bertz CT molecular complexity index is 748. The van der Waals surface area contributed by atoms with Crippen molar-refractivity contribution in [1.29, 1.82) is 0 Å². The third-order valence-corrected chi connectivity index (χ3v) is 6.09. The number of nitrogens with zero attached hydrogens (tertiary/aromatic N) is 1. The van der Waals surface area contributed by atoms with E-state index in [0.29, 0.717) is 11.0 Å². The fraction of sp³-hybridized carbons (Fsp3) is 0.176. The SMILES string of the molecule is CC1=C(Br)C(=O)N(Cc2ccccc2I)C12C=CC(=O)C=C2. The van der Waals surface area contributed by atoms with E-state index in [1.165, 1.54) is 12.2 Å². The van der Waals surface area contributed by atoms with Gasteiger partial charge in [-0.15, -0.1) is 0 Å². The molecule has 112 valence electrons. The Morgan fingerprint density at radius 3 is 2.45 bits per heavy atom. The molecule has 0 fully saturated rings. The molecule has 2 aliphatic rings. The first-order valence-corrected chi connectivity index (χ1v) is 8.67. The summed E-state index contributed by atoms with van der Waals surface area (Å²) in [6.07, 6.45) is 6.69. The summed E-state index contributed by atoms with van der Waals surface area (Å²) in [6, 6.07) is 7.99. The minimum Gasteiger partial charge on any atom is -0.317 e. The lowest BCUT2D eigenvalue weighted by Gasteiger charge is -2.36. The summed E-state index contributed by atoms with van der Waals surface area (Å²) in [7, 11) is 0. The highest BCUT2D eigenvalue weighted by molar-refractivity contribution is 14.1. The smallest absolute Gasteiger partial charge is 0.262 e. The molecule has 1 aliphatic carbocycles. The molecule has 0 bridgehead atoms. The highest BCUT2D eigenvalue weighted by Gasteiger charge is 2.46. The Labute approximate surface area is 151 Å². The molecule has 3 nitrogen and oxygen atoms in total. The van der Waals surface area contributed by atoms with Crippen LogP contribution in [0, 0.1) is 3.57 Å². The zero-order chi connectivity index (χ0) is 15.9. The molecule has 1 aliphatic heterocycles. The predicted molar refractivity (Wildman–Crippen MR) is 97.4 cm³/mol. The van der Waals surface area contributed by atoms with E-state index in [-0.39, 0.29) is 11.7 Å². The number of ketones is 1. The molecule has 3 rings (SSSR count). The summed E-state index contributed by atoms with van der Waals surface area (Å²) in [6.45, 7) is 2.41. The van der Waals surface area contributed by atoms with Crippen molar-refractivity contribution in [3.8, 4) is 0 Å². The molecular weight excluding hydrogens is 457 g/mol. The quantitative estimate of drug-likeness (QED) is 0.619. The van der Waals surface area contributed by atoms with Crippen LogP contribution in [0.25, 0.3) is 0 Å². The summed E-state index contributed by atoms with van der Waals surface area (Å²) >= 11 is 5.67. The number of allylic oxidation sites excluding steroid dienone is 2. The van der Waals surface area contributed by atoms with Crippen molar-refractivity contribution in [3.63, 3.8) is 0 Å². The maximum absolute atomic E-state index is 12.7. The molecule has 0 N–H and O–H groups in total. The van der Waals surface area contributed by atoms with Crippen LogP contribution in [0.1, 0.15) is 12.5 Å². The molecule has 1 aromatic rings. The lowest BCUT2D eigenvalue weighted by Crippen LogP contribution is -2.45. The zero-order valence-corrected chi connectivity index (χ0v) is 15.6. The van der Waals surface area contributed by atoms with Crippen LogP contribution in [-0.2, 0) is 16.1 Å². The fourth-order valence-electron chi connectivity index (χ4n) is 2.78.